The Morgan fingerprint density at radius 2 is 1.00 bits per heavy atom. The van der Waals surface area contributed by atoms with E-state index in [-0.39, 0.29) is 32.1 Å². The molecule has 0 aliphatic heterocycles. The maximum Gasteiger partial charge on any atom is 0.262 e. The Bertz CT molecular complexity index is 2340. The predicted octanol–water partition coefficient (Wildman–Crippen LogP) is 9.39. The van der Waals surface area contributed by atoms with E-state index in [1.807, 2.05) is 19.1 Å². The summed E-state index contributed by atoms with van der Waals surface area (Å²) in [7, 11) is -2.18. The Labute approximate surface area is 324 Å². The van der Waals surface area contributed by atoms with Crippen LogP contribution < -0.4 is 21.1 Å². The Balaban J connectivity index is 0.000000197. The van der Waals surface area contributed by atoms with Gasteiger partial charge in [0, 0.05) is 46.1 Å². The molecule has 4 aromatic rings. The van der Waals surface area contributed by atoms with E-state index in [1.54, 1.807) is 87.5 Å². The lowest BCUT2D eigenvalue weighted by Crippen LogP contribution is -2.14. The summed E-state index contributed by atoms with van der Waals surface area (Å²) in [5.41, 5.74) is 12.4. The number of nitrogens with one attached hydrogen (secondary N) is 3. The molecule has 6 rings (SSSR count). The van der Waals surface area contributed by atoms with Gasteiger partial charge < -0.3 is 16.4 Å². The number of nitrogen functional groups attached to an aromatic ring is 1. The number of sulfonamides is 1. The van der Waals surface area contributed by atoms with Crippen molar-refractivity contribution in [2.24, 2.45) is 0 Å². The third kappa shape index (κ3) is 10.6. The summed E-state index contributed by atoms with van der Waals surface area (Å²) in [6, 6.07) is 23.8. The van der Waals surface area contributed by atoms with Crippen molar-refractivity contribution in [2.45, 2.75) is 63.2 Å². The summed E-state index contributed by atoms with van der Waals surface area (Å²) in [5.74, 6) is 0.308. The number of benzene rings is 4. The van der Waals surface area contributed by atoms with E-state index in [0.717, 1.165) is 29.1 Å². The van der Waals surface area contributed by atoms with Crippen LogP contribution in [0.1, 0.15) is 50.7 Å². The van der Waals surface area contributed by atoms with Crippen LogP contribution in [0.3, 0.4) is 0 Å². The smallest absolute Gasteiger partial charge is 0.262 e. The lowest BCUT2D eigenvalue weighted by atomic mass is 10.2. The molecular weight excluding hydrogens is 779 g/mol. The van der Waals surface area contributed by atoms with E-state index >= 15 is 0 Å². The van der Waals surface area contributed by atoms with E-state index in [0.29, 0.717) is 52.4 Å². The second-order valence-corrected chi connectivity index (χ2v) is 17.2. The summed E-state index contributed by atoms with van der Waals surface area (Å²) in [6.45, 7) is 7.05. The molecule has 10 nitrogen and oxygen atoms in total. The molecule has 0 aromatic heterocycles. The number of anilines is 4. The minimum atomic E-state index is -3.76. The third-order valence-corrected chi connectivity index (χ3v) is 12.4. The molecule has 2 aliphatic rings. The van der Waals surface area contributed by atoms with Gasteiger partial charge in [0.15, 0.2) is 11.6 Å². The average Bonchev–Trinajstić information content (AvgIpc) is 3.59. The first kappa shape index (κ1) is 41.4. The number of rotatable bonds is 8. The third-order valence-electron chi connectivity index (χ3n) is 8.53. The zero-order valence-electron chi connectivity index (χ0n) is 29.4. The monoisotopic (exact) mass is 816 g/mol. The van der Waals surface area contributed by atoms with E-state index < -0.39 is 19.1 Å². The van der Waals surface area contributed by atoms with Gasteiger partial charge in [-0.15, -0.1) is 0 Å². The maximum absolute atomic E-state index is 12.7. The van der Waals surface area contributed by atoms with E-state index in [9.17, 15) is 26.4 Å². The summed E-state index contributed by atoms with van der Waals surface area (Å²) in [6.07, 6.45) is 2.43. The Morgan fingerprint density at radius 3 is 1.43 bits per heavy atom. The van der Waals surface area contributed by atoms with Crippen LogP contribution in [0.25, 0.3) is 0 Å². The molecule has 0 saturated heterocycles. The van der Waals surface area contributed by atoms with Crippen LogP contribution in [0.15, 0.2) is 117 Å². The molecule has 0 radical (unpaired) electrons. The summed E-state index contributed by atoms with van der Waals surface area (Å²) >= 11 is 12.5. The largest absolute Gasteiger partial charge is 0.397 e. The van der Waals surface area contributed by atoms with Gasteiger partial charge in [-0.2, -0.15) is 0 Å². The SMILES string of the molecule is CC1=C(Nc2cccc(N)c2Cl)CCC1=O.CC1=C(Nc2cccc(NS(=O)(=O)c3ccccc3C)c2Cl)CCC1=O.Cc1ccccc1S(=O)(=O)Cl. The van der Waals surface area contributed by atoms with E-state index in [4.69, 9.17) is 39.6 Å². The highest BCUT2D eigenvalue weighted by atomic mass is 35.7. The zero-order chi connectivity index (χ0) is 39.1. The second kappa shape index (κ2) is 17.7. The molecule has 0 amide bonds. The predicted molar refractivity (Wildman–Crippen MR) is 215 cm³/mol. The van der Waals surface area contributed by atoms with E-state index in [1.165, 1.54) is 6.07 Å². The number of aryl methyl sites for hydroxylation is 2. The van der Waals surface area contributed by atoms with Gasteiger partial charge in [-0.3, -0.25) is 14.3 Å². The number of nitrogens with two attached hydrogens (primary N) is 1. The molecule has 0 atom stereocenters. The Hall–Kier alpha value is -4.33. The second-order valence-electron chi connectivity index (χ2n) is 12.3. The Morgan fingerprint density at radius 1 is 0.566 bits per heavy atom. The first-order valence-electron chi connectivity index (χ1n) is 16.3. The fourth-order valence-corrected chi connectivity index (χ4v) is 8.42. The van der Waals surface area contributed by atoms with Crippen LogP contribution >= 0.6 is 33.9 Å². The molecule has 0 unspecified atom stereocenters. The lowest BCUT2D eigenvalue weighted by Gasteiger charge is -2.15. The van der Waals surface area contributed by atoms with Crippen LogP contribution in [0.4, 0.5) is 22.7 Å². The molecule has 5 N–H and O–H groups in total. The van der Waals surface area contributed by atoms with Crippen LogP contribution in [0, 0.1) is 13.8 Å². The van der Waals surface area contributed by atoms with Crippen LogP contribution in [-0.4, -0.2) is 28.4 Å². The molecule has 0 fully saturated rings. The standard InChI is InChI=1S/C19H19ClN2O3S.C12H13ClN2O.C7H7ClO2S/c1-12-6-3-4-9-18(12)26(24,25)22-16-8-5-7-15(19(16)20)21-14-10-11-17(23)13(14)2;1-7-9(5-6-11(7)16)15-10-4-2-3-8(14)12(10)13;1-6-4-2-3-5-7(6)11(8,9)10/h3-9,21-22H,10-11H2,1-2H3;2-4,15H,5-6,14H2,1H3;2-5H,1H3. The highest BCUT2D eigenvalue weighted by Crippen LogP contribution is 2.35. The lowest BCUT2D eigenvalue weighted by molar-refractivity contribution is -0.115. The van der Waals surface area contributed by atoms with Crippen molar-refractivity contribution >= 4 is 87.3 Å². The summed E-state index contributed by atoms with van der Waals surface area (Å²) in [5, 5.41) is 7.09. The number of allylic oxidation sites excluding steroid dienone is 4. The van der Waals surface area contributed by atoms with Crippen molar-refractivity contribution in [3.05, 3.63) is 129 Å². The van der Waals surface area contributed by atoms with Crippen molar-refractivity contribution < 1.29 is 26.4 Å². The number of carbonyl (C=O) groups is 2. The average molecular weight is 818 g/mol. The van der Waals surface area contributed by atoms with Crippen molar-refractivity contribution in [3.8, 4) is 0 Å². The first-order valence-corrected chi connectivity index (χ1v) is 20.9. The van der Waals surface area contributed by atoms with Crippen LogP contribution in [-0.2, 0) is 28.7 Å². The number of hydrogen-bond donors (Lipinski definition) is 4. The van der Waals surface area contributed by atoms with Gasteiger partial charge in [-0.05, 0) is 88.1 Å². The van der Waals surface area contributed by atoms with Gasteiger partial charge in [0.05, 0.1) is 42.6 Å². The first-order chi connectivity index (χ1) is 24.9. The molecule has 0 bridgehead atoms. The number of halogens is 3. The van der Waals surface area contributed by atoms with Gasteiger partial charge in [-0.25, -0.2) is 16.8 Å². The van der Waals surface area contributed by atoms with E-state index in [2.05, 4.69) is 15.4 Å². The molecule has 2 aliphatic carbocycles. The van der Waals surface area contributed by atoms with Gasteiger partial charge in [0.25, 0.3) is 19.1 Å². The topological polar surface area (TPSA) is 165 Å². The van der Waals surface area contributed by atoms with Crippen molar-refractivity contribution in [2.75, 3.05) is 21.1 Å². The molecule has 0 spiro atoms. The molecule has 0 heterocycles. The summed E-state index contributed by atoms with van der Waals surface area (Å²) in [4.78, 5) is 23.4. The molecule has 0 saturated carbocycles. The molecule has 280 valence electrons. The van der Waals surface area contributed by atoms with Crippen molar-refractivity contribution in [1.82, 2.24) is 0 Å². The fraction of sp³-hybridized carbons (Fsp3) is 0.211. The normalized spacial score (nSPS) is 14.3. The highest BCUT2D eigenvalue weighted by Gasteiger charge is 2.23. The quantitative estimate of drug-likeness (QED) is 0.100. The van der Waals surface area contributed by atoms with Gasteiger partial charge >= 0.3 is 0 Å². The number of carbonyl (C=O) groups excluding carboxylic acids is 2. The molecule has 15 heteroatoms. The highest BCUT2D eigenvalue weighted by molar-refractivity contribution is 8.13. The number of ketones is 2. The van der Waals surface area contributed by atoms with Gasteiger partial charge in [0.2, 0.25) is 0 Å². The van der Waals surface area contributed by atoms with Gasteiger partial charge in [0.1, 0.15) is 0 Å². The molecular formula is C38H39Cl3N4O6S2. The number of hydrogen-bond acceptors (Lipinski definition) is 9. The molecule has 53 heavy (non-hydrogen) atoms. The van der Waals surface area contributed by atoms with Crippen LogP contribution in [0.2, 0.25) is 10.0 Å². The zero-order valence-corrected chi connectivity index (χ0v) is 33.3. The maximum atomic E-state index is 12.7. The van der Waals surface area contributed by atoms with Crippen molar-refractivity contribution in [1.29, 1.82) is 0 Å². The van der Waals surface area contributed by atoms with Gasteiger partial charge in [-0.1, -0.05) is 71.7 Å². The molecule has 4 aromatic carbocycles. The number of Topliss-reactive ketones (excluding diaryl/α,β-unsaturated/α-hetero) is 2. The minimum absolute atomic E-state index is 0.111. The fourth-order valence-electron chi connectivity index (χ4n) is 5.44. The van der Waals surface area contributed by atoms with Crippen molar-refractivity contribution in [3.63, 3.8) is 0 Å². The summed E-state index contributed by atoms with van der Waals surface area (Å²) < 4.78 is 49.5. The van der Waals surface area contributed by atoms with Crippen LogP contribution in [0.5, 0.6) is 0 Å². The minimum Gasteiger partial charge on any atom is -0.397 e. The Kier molecular flexibility index (Phi) is 13.8.